The van der Waals surface area contributed by atoms with Gasteiger partial charge in [-0.1, -0.05) is 19.0 Å². The molecule has 5 atom stereocenters. The van der Waals surface area contributed by atoms with Gasteiger partial charge in [0.05, 0.1) is 36.8 Å². The zero-order valence-corrected chi connectivity index (χ0v) is 15.3. The summed E-state index contributed by atoms with van der Waals surface area (Å²) in [7, 11) is 0. The quantitative estimate of drug-likeness (QED) is 0.295. The largest absolute Gasteiger partial charge is 0.466 e. The normalized spacial score (nSPS) is 29.0. The predicted octanol–water partition coefficient (Wildman–Crippen LogP) is 1.65. The van der Waals surface area contributed by atoms with Gasteiger partial charge in [-0.3, -0.25) is 9.59 Å². The summed E-state index contributed by atoms with van der Waals surface area (Å²) in [5, 5.41) is 6.60. The van der Waals surface area contributed by atoms with Crippen LogP contribution >= 0.6 is 0 Å². The standard InChI is InChI=1S/C16H29N5O4/c1-5-10(6-2)25-15-13(20-21-18)11(16(23)24-7-3)8-12(17)14(15)19-9(4)22/h10-15H,5-8,17H2,1-4H3,(H,19,22)/t11?,12-,13?,14+,15+/m0/s1. The van der Waals surface area contributed by atoms with Crippen LogP contribution in [0.5, 0.6) is 0 Å². The molecule has 0 spiro atoms. The fourth-order valence-electron chi connectivity index (χ4n) is 3.25. The number of nitrogens with zero attached hydrogens (tertiary/aromatic N) is 3. The zero-order chi connectivity index (χ0) is 19.0. The van der Waals surface area contributed by atoms with Gasteiger partial charge in [-0.05, 0) is 31.7 Å². The summed E-state index contributed by atoms with van der Waals surface area (Å²) >= 11 is 0. The van der Waals surface area contributed by atoms with Crippen molar-refractivity contribution in [1.82, 2.24) is 5.32 Å². The van der Waals surface area contributed by atoms with Crippen LogP contribution in [0, 0.1) is 5.92 Å². The minimum Gasteiger partial charge on any atom is -0.466 e. The smallest absolute Gasteiger partial charge is 0.309 e. The average Bonchev–Trinajstić information content (AvgIpc) is 2.57. The van der Waals surface area contributed by atoms with Gasteiger partial charge in [-0.15, -0.1) is 0 Å². The van der Waals surface area contributed by atoms with Crippen molar-refractivity contribution in [2.75, 3.05) is 6.61 Å². The number of nitrogens with two attached hydrogens (primary N) is 1. The molecule has 0 aromatic carbocycles. The molecular formula is C16H29N5O4. The van der Waals surface area contributed by atoms with Gasteiger partial charge in [0.15, 0.2) is 0 Å². The molecule has 0 bridgehead atoms. The molecule has 1 fully saturated rings. The second-order valence-electron chi connectivity index (χ2n) is 6.22. The Morgan fingerprint density at radius 1 is 1.36 bits per heavy atom. The van der Waals surface area contributed by atoms with Crippen molar-refractivity contribution in [3.05, 3.63) is 10.4 Å². The number of azide groups is 1. The van der Waals surface area contributed by atoms with Gasteiger partial charge in [-0.2, -0.15) is 0 Å². The Balaban J connectivity index is 3.22. The van der Waals surface area contributed by atoms with E-state index >= 15 is 0 Å². The number of rotatable bonds is 8. The third kappa shape index (κ3) is 5.59. The molecule has 25 heavy (non-hydrogen) atoms. The number of esters is 1. The molecule has 2 unspecified atom stereocenters. The van der Waals surface area contributed by atoms with Crippen LogP contribution in [0.15, 0.2) is 5.11 Å². The minimum absolute atomic E-state index is 0.0919. The second-order valence-corrected chi connectivity index (χ2v) is 6.22. The molecule has 9 nitrogen and oxygen atoms in total. The molecule has 0 radical (unpaired) electrons. The molecule has 1 aliphatic carbocycles. The van der Waals surface area contributed by atoms with Crippen LogP contribution in [0.4, 0.5) is 0 Å². The lowest BCUT2D eigenvalue weighted by Gasteiger charge is -2.44. The van der Waals surface area contributed by atoms with Crippen molar-refractivity contribution < 1.29 is 19.1 Å². The fraction of sp³-hybridized carbons (Fsp3) is 0.875. The summed E-state index contributed by atoms with van der Waals surface area (Å²) in [6.45, 7) is 7.29. The Morgan fingerprint density at radius 3 is 2.48 bits per heavy atom. The lowest BCUT2D eigenvalue weighted by molar-refractivity contribution is -0.155. The van der Waals surface area contributed by atoms with Gasteiger partial charge in [0.2, 0.25) is 5.91 Å². The Bertz CT molecular complexity index is 505. The Hall–Kier alpha value is -1.83. The van der Waals surface area contributed by atoms with Crippen molar-refractivity contribution >= 4 is 11.9 Å². The molecule has 1 aliphatic rings. The van der Waals surface area contributed by atoms with Crippen LogP contribution in [0.25, 0.3) is 10.4 Å². The van der Waals surface area contributed by atoms with Crippen molar-refractivity contribution in [1.29, 1.82) is 0 Å². The van der Waals surface area contributed by atoms with E-state index in [1.807, 2.05) is 13.8 Å². The van der Waals surface area contributed by atoms with Crippen LogP contribution < -0.4 is 11.1 Å². The van der Waals surface area contributed by atoms with Gasteiger partial charge < -0.3 is 20.5 Å². The molecule has 1 amide bonds. The number of carbonyl (C=O) groups excluding carboxylic acids is 2. The first-order valence-electron chi connectivity index (χ1n) is 8.78. The molecule has 0 aromatic heterocycles. The Kier molecular flexibility index (Phi) is 8.68. The maximum Gasteiger partial charge on any atom is 0.309 e. The molecule has 142 valence electrons. The first kappa shape index (κ1) is 21.2. The number of amides is 1. The van der Waals surface area contributed by atoms with Gasteiger partial charge in [-0.25, -0.2) is 0 Å². The molecule has 0 aliphatic heterocycles. The minimum atomic E-state index is -0.790. The summed E-state index contributed by atoms with van der Waals surface area (Å²) < 4.78 is 11.2. The summed E-state index contributed by atoms with van der Waals surface area (Å²) in [6, 6.07) is -1.84. The third-order valence-electron chi connectivity index (χ3n) is 4.49. The molecule has 1 saturated carbocycles. The third-order valence-corrected chi connectivity index (χ3v) is 4.49. The van der Waals surface area contributed by atoms with E-state index in [1.165, 1.54) is 6.92 Å². The summed E-state index contributed by atoms with van der Waals surface area (Å²) in [5.74, 6) is -1.42. The van der Waals surface area contributed by atoms with Crippen LogP contribution in [-0.2, 0) is 19.1 Å². The van der Waals surface area contributed by atoms with E-state index in [0.717, 1.165) is 12.8 Å². The average molecular weight is 355 g/mol. The summed E-state index contributed by atoms with van der Waals surface area (Å²) in [6.07, 6.45) is 0.967. The van der Waals surface area contributed by atoms with Crippen LogP contribution in [0.2, 0.25) is 0 Å². The highest BCUT2D eigenvalue weighted by atomic mass is 16.5. The van der Waals surface area contributed by atoms with E-state index in [9.17, 15) is 9.59 Å². The maximum atomic E-state index is 12.3. The van der Waals surface area contributed by atoms with Crippen LogP contribution in [0.1, 0.15) is 47.0 Å². The Morgan fingerprint density at radius 2 is 2.00 bits per heavy atom. The molecule has 0 heterocycles. The molecule has 3 N–H and O–H groups in total. The number of hydrogen-bond donors (Lipinski definition) is 2. The van der Waals surface area contributed by atoms with Crippen molar-refractivity contribution in [2.45, 2.75) is 77.3 Å². The number of ether oxygens (including phenoxy) is 2. The van der Waals surface area contributed by atoms with Gasteiger partial charge in [0.25, 0.3) is 0 Å². The molecule has 1 rings (SSSR count). The van der Waals surface area contributed by atoms with E-state index in [1.54, 1.807) is 6.92 Å². The highest BCUT2D eigenvalue weighted by Gasteiger charge is 2.48. The topological polar surface area (TPSA) is 139 Å². The van der Waals surface area contributed by atoms with E-state index in [4.69, 9.17) is 20.7 Å². The van der Waals surface area contributed by atoms with Crippen LogP contribution in [-0.4, -0.2) is 48.8 Å². The van der Waals surface area contributed by atoms with Crippen molar-refractivity contribution in [3.63, 3.8) is 0 Å². The van der Waals surface area contributed by atoms with Gasteiger partial charge >= 0.3 is 5.97 Å². The fourth-order valence-corrected chi connectivity index (χ4v) is 3.25. The van der Waals surface area contributed by atoms with E-state index in [-0.39, 0.29) is 25.0 Å². The number of carbonyl (C=O) groups is 2. The van der Waals surface area contributed by atoms with Crippen molar-refractivity contribution in [3.8, 4) is 0 Å². The predicted molar refractivity (Wildman–Crippen MR) is 92.5 cm³/mol. The SMILES string of the molecule is CCOC(=O)C1C[C@H](N)[C@@H](NC(C)=O)[C@H](OC(CC)CC)C1N=[N+]=[N-]. The van der Waals surface area contributed by atoms with E-state index in [0.29, 0.717) is 0 Å². The first-order chi connectivity index (χ1) is 11.9. The van der Waals surface area contributed by atoms with Gasteiger partial charge in [0, 0.05) is 17.9 Å². The first-order valence-corrected chi connectivity index (χ1v) is 8.78. The van der Waals surface area contributed by atoms with Gasteiger partial charge in [0.1, 0.15) is 0 Å². The maximum absolute atomic E-state index is 12.3. The van der Waals surface area contributed by atoms with Crippen LogP contribution in [0.3, 0.4) is 0 Å². The number of hydrogen-bond acceptors (Lipinski definition) is 6. The van der Waals surface area contributed by atoms with E-state index in [2.05, 4.69) is 15.3 Å². The highest BCUT2D eigenvalue weighted by molar-refractivity contribution is 5.75. The molecular weight excluding hydrogens is 326 g/mol. The lowest BCUT2D eigenvalue weighted by atomic mass is 9.76. The molecule has 0 aromatic rings. The lowest BCUT2D eigenvalue weighted by Crippen LogP contribution is -2.65. The second kappa shape index (κ2) is 10.2. The molecule has 0 saturated heterocycles. The highest BCUT2D eigenvalue weighted by Crippen LogP contribution is 2.32. The van der Waals surface area contributed by atoms with Crippen molar-refractivity contribution in [2.24, 2.45) is 16.8 Å². The Labute approximate surface area is 148 Å². The molecule has 9 heteroatoms. The number of nitrogens with one attached hydrogen (secondary N) is 1. The zero-order valence-electron chi connectivity index (χ0n) is 15.3. The summed E-state index contributed by atoms with van der Waals surface area (Å²) in [5.41, 5.74) is 15.2. The van der Waals surface area contributed by atoms with E-state index < -0.39 is 36.1 Å². The summed E-state index contributed by atoms with van der Waals surface area (Å²) in [4.78, 5) is 26.8. The monoisotopic (exact) mass is 355 g/mol.